The lowest BCUT2D eigenvalue weighted by Crippen LogP contribution is -2.31. The van der Waals surface area contributed by atoms with Crippen molar-refractivity contribution in [3.8, 4) is 0 Å². The maximum Gasteiger partial charge on any atom is 0.0984 e. The van der Waals surface area contributed by atoms with Crippen LogP contribution in [0.3, 0.4) is 0 Å². The Bertz CT molecular complexity index is 404. The molecule has 1 aliphatic heterocycles. The Balaban J connectivity index is 1.86. The monoisotopic (exact) mass is 295 g/mol. The molecule has 0 radical (unpaired) electrons. The van der Waals surface area contributed by atoms with Crippen LogP contribution < -0.4 is 0 Å². The van der Waals surface area contributed by atoms with Gasteiger partial charge in [-0.25, -0.2) is 0 Å². The highest BCUT2D eigenvalue weighted by Gasteiger charge is 2.37. The Labute approximate surface area is 109 Å². The molecule has 84 valence electrons. The van der Waals surface area contributed by atoms with Crippen molar-refractivity contribution in [2.75, 3.05) is 0 Å². The summed E-state index contributed by atoms with van der Waals surface area (Å²) >= 11 is 5.75. The van der Waals surface area contributed by atoms with Crippen LogP contribution in [0.25, 0.3) is 0 Å². The van der Waals surface area contributed by atoms with Crippen LogP contribution in [0.1, 0.15) is 24.8 Å². The van der Waals surface area contributed by atoms with Crippen molar-refractivity contribution in [2.24, 2.45) is 4.99 Å². The highest BCUT2D eigenvalue weighted by Crippen LogP contribution is 2.41. The molecule has 1 fully saturated rings. The number of alkyl halides is 1. The van der Waals surface area contributed by atoms with Gasteiger partial charge in [0.05, 0.1) is 11.1 Å². The van der Waals surface area contributed by atoms with Gasteiger partial charge in [-0.05, 0) is 12.8 Å². The summed E-state index contributed by atoms with van der Waals surface area (Å²) in [5.74, 6) is 0. The number of rotatable bonds is 1. The summed E-state index contributed by atoms with van der Waals surface area (Å²) < 4.78 is 0. The van der Waals surface area contributed by atoms with Gasteiger partial charge in [-0.1, -0.05) is 52.7 Å². The lowest BCUT2D eigenvalue weighted by Gasteiger charge is -2.27. The molecule has 3 rings (SSSR count). The molecule has 0 N–H and O–H groups in total. The number of nitrogens with zero attached hydrogens (tertiary/aromatic N) is 1. The second-order valence-corrected chi connectivity index (χ2v) is 6.80. The predicted molar refractivity (Wildman–Crippen MR) is 74.7 cm³/mol. The van der Waals surface area contributed by atoms with E-state index in [0.717, 1.165) is 0 Å². The number of aliphatic imine (C=N–C) groups is 1. The topological polar surface area (TPSA) is 12.4 Å². The van der Waals surface area contributed by atoms with Crippen LogP contribution in [0.15, 0.2) is 35.3 Å². The van der Waals surface area contributed by atoms with Crippen molar-refractivity contribution < 1.29 is 0 Å². The Hall–Kier alpha value is -0.280. The minimum absolute atomic E-state index is 0.494. The molecule has 16 heavy (non-hydrogen) atoms. The van der Waals surface area contributed by atoms with Crippen LogP contribution in [0.5, 0.6) is 0 Å². The van der Waals surface area contributed by atoms with Gasteiger partial charge < -0.3 is 0 Å². The molecule has 0 saturated heterocycles. The summed E-state index contributed by atoms with van der Waals surface area (Å²) in [5.41, 5.74) is 1.28. The standard InChI is InChI=1S/C13H14BrNS/c14-10-7-4-8-11-12(10)15-13(16-11)9-5-2-1-3-6-9/h1-3,5-6,10-12H,4,7-8H2/t10-,11-,12+/m1/s1. The van der Waals surface area contributed by atoms with Crippen molar-refractivity contribution in [3.05, 3.63) is 35.9 Å². The van der Waals surface area contributed by atoms with E-state index in [1.807, 2.05) is 11.8 Å². The third kappa shape index (κ3) is 1.95. The molecule has 3 atom stereocenters. The summed E-state index contributed by atoms with van der Waals surface area (Å²) in [7, 11) is 0. The number of fused-ring (bicyclic) bond motifs is 1. The van der Waals surface area contributed by atoms with Crippen molar-refractivity contribution in [1.29, 1.82) is 0 Å². The first-order valence-electron chi connectivity index (χ1n) is 5.78. The van der Waals surface area contributed by atoms with Crippen molar-refractivity contribution in [3.63, 3.8) is 0 Å². The fraction of sp³-hybridized carbons (Fsp3) is 0.462. The minimum Gasteiger partial charge on any atom is -0.272 e. The van der Waals surface area contributed by atoms with Crippen LogP contribution in [0, 0.1) is 0 Å². The number of halogens is 1. The van der Waals surface area contributed by atoms with Gasteiger partial charge in [0, 0.05) is 15.6 Å². The van der Waals surface area contributed by atoms with Gasteiger partial charge in [0.2, 0.25) is 0 Å². The lowest BCUT2D eigenvalue weighted by molar-refractivity contribution is 0.479. The summed E-state index contributed by atoms with van der Waals surface area (Å²) in [6.07, 6.45) is 3.92. The molecular formula is C13H14BrNS. The zero-order valence-corrected chi connectivity index (χ0v) is 11.4. The van der Waals surface area contributed by atoms with E-state index in [0.29, 0.717) is 16.1 Å². The number of thioether (sulfide) groups is 1. The molecular weight excluding hydrogens is 282 g/mol. The molecule has 0 aromatic heterocycles. The highest BCUT2D eigenvalue weighted by atomic mass is 79.9. The normalized spacial score (nSPS) is 33.3. The maximum absolute atomic E-state index is 4.89. The first-order valence-corrected chi connectivity index (χ1v) is 7.58. The zero-order valence-electron chi connectivity index (χ0n) is 8.97. The van der Waals surface area contributed by atoms with Crippen LogP contribution in [-0.4, -0.2) is 21.2 Å². The number of benzene rings is 1. The van der Waals surface area contributed by atoms with E-state index < -0.39 is 0 Å². The molecule has 0 spiro atoms. The second kappa shape index (κ2) is 4.53. The Morgan fingerprint density at radius 2 is 2.00 bits per heavy atom. The molecule has 2 aliphatic rings. The maximum atomic E-state index is 4.89. The van der Waals surface area contributed by atoms with E-state index in [9.17, 15) is 0 Å². The molecule has 3 heteroatoms. The quantitative estimate of drug-likeness (QED) is 0.717. The van der Waals surface area contributed by atoms with Gasteiger partial charge in [-0.2, -0.15) is 0 Å². The van der Waals surface area contributed by atoms with Crippen molar-refractivity contribution in [1.82, 2.24) is 0 Å². The first-order chi connectivity index (χ1) is 7.84. The third-order valence-electron chi connectivity index (χ3n) is 3.27. The molecule has 1 saturated carbocycles. The number of hydrogen-bond donors (Lipinski definition) is 0. The summed E-state index contributed by atoms with van der Waals surface area (Å²) in [6.45, 7) is 0. The van der Waals surface area contributed by atoms with E-state index in [2.05, 4.69) is 46.3 Å². The molecule has 0 unspecified atom stereocenters. The lowest BCUT2D eigenvalue weighted by atomic mass is 9.95. The van der Waals surface area contributed by atoms with Gasteiger partial charge in [0.1, 0.15) is 0 Å². The smallest absolute Gasteiger partial charge is 0.0984 e. The minimum atomic E-state index is 0.494. The first kappa shape index (κ1) is 10.8. The Morgan fingerprint density at radius 3 is 2.75 bits per heavy atom. The molecule has 1 nitrogen and oxygen atoms in total. The van der Waals surface area contributed by atoms with Gasteiger partial charge in [0.15, 0.2) is 0 Å². The zero-order chi connectivity index (χ0) is 11.0. The largest absolute Gasteiger partial charge is 0.272 e. The number of hydrogen-bond acceptors (Lipinski definition) is 2. The van der Waals surface area contributed by atoms with Crippen LogP contribution in [0.2, 0.25) is 0 Å². The van der Waals surface area contributed by atoms with Crippen molar-refractivity contribution in [2.45, 2.75) is 35.4 Å². The van der Waals surface area contributed by atoms with Gasteiger partial charge in [0.25, 0.3) is 0 Å². The average Bonchev–Trinajstić information content (AvgIpc) is 2.76. The summed E-state index contributed by atoms with van der Waals surface area (Å²) in [5, 5.41) is 1.94. The van der Waals surface area contributed by atoms with E-state index in [-0.39, 0.29) is 0 Å². The van der Waals surface area contributed by atoms with Gasteiger partial charge >= 0.3 is 0 Å². The van der Waals surface area contributed by atoms with Crippen LogP contribution in [-0.2, 0) is 0 Å². The van der Waals surface area contributed by atoms with E-state index in [4.69, 9.17) is 4.99 Å². The fourth-order valence-electron chi connectivity index (χ4n) is 2.41. The second-order valence-electron chi connectivity index (χ2n) is 4.39. The molecule has 1 aliphatic carbocycles. The highest BCUT2D eigenvalue weighted by molar-refractivity contribution is 9.09. The molecule has 0 bridgehead atoms. The molecule has 0 amide bonds. The van der Waals surface area contributed by atoms with Gasteiger partial charge in [-0.15, -0.1) is 11.8 Å². The predicted octanol–water partition coefficient (Wildman–Crippen LogP) is 3.86. The van der Waals surface area contributed by atoms with Crippen molar-refractivity contribution >= 4 is 32.7 Å². The molecule has 1 heterocycles. The Morgan fingerprint density at radius 1 is 1.19 bits per heavy atom. The fourth-order valence-corrected chi connectivity index (χ4v) is 4.84. The summed E-state index contributed by atoms with van der Waals surface area (Å²) in [6, 6.07) is 11.1. The van der Waals surface area contributed by atoms with E-state index >= 15 is 0 Å². The summed E-state index contributed by atoms with van der Waals surface area (Å²) in [4.78, 5) is 5.48. The van der Waals surface area contributed by atoms with E-state index in [1.54, 1.807) is 0 Å². The van der Waals surface area contributed by atoms with Crippen LogP contribution >= 0.6 is 27.7 Å². The van der Waals surface area contributed by atoms with Gasteiger partial charge in [-0.3, -0.25) is 4.99 Å². The third-order valence-corrected chi connectivity index (χ3v) is 5.65. The average molecular weight is 296 g/mol. The Kier molecular flexibility index (Phi) is 3.07. The molecule has 1 aromatic carbocycles. The van der Waals surface area contributed by atoms with E-state index in [1.165, 1.54) is 29.9 Å². The van der Waals surface area contributed by atoms with Crippen LogP contribution in [0.4, 0.5) is 0 Å². The SMILES string of the molecule is Br[C@@H]1CCC[C@H]2SC(c3ccccc3)=N[C@@H]12. The molecule has 1 aromatic rings.